The molecule has 3 heteroatoms. The largest absolute Gasteiger partial charge is 0.356 e. The van der Waals surface area contributed by atoms with Crippen LogP contribution < -0.4 is 0 Å². The summed E-state index contributed by atoms with van der Waals surface area (Å²) in [5.41, 5.74) is 0. The lowest BCUT2D eigenvalue weighted by Crippen LogP contribution is -2.32. The van der Waals surface area contributed by atoms with Gasteiger partial charge < -0.3 is 4.74 Å². The first-order chi connectivity index (χ1) is 3.34. The van der Waals surface area contributed by atoms with Crippen LogP contribution >= 0.6 is 0 Å². The molecule has 1 aliphatic heterocycles. The van der Waals surface area contributed by atoms with Gasteiger partial charge in [-0.2, -0.15) is 5.26 Å². The van der Waals surface area contributed by atoms with Crippen molar-refractivity contribution < 1.29 is 9.13 Å². The highest BCUT2D eigenvalue weighted by Crippen LogP contribution is 2.22. The van der Waals surface area contributed by atoms with Crippen molar-refractivity contribution in [2.45, 2.75) is 6.10 Å². The van der Waals surface area contributed by atoms with Gasteiger partial charge in [0.2, 0.25) is 6.17 Å². The van der Waals surface area contributed by atoms with Crippen molar-refractivity contribution in [1.29, 1.82) is 5.26 Å². The van der Waals surface area contributed by atoms with Crippen molar-refractivity contribution >= 4 is 0 Å². The number of nitriles is 1. The minimum absolute atomic E-state index is 0.0121. The Labute approximate surface area is 40.5 Å². The highest BCUT2D eigenvalue weighted by molar-refractivity contribution is 5.08. The van der Waals surface area contributed by atoms with Gasteiger partial charge in [0, 0.05) is 0 Å². The van der Waals surface area contributed by atoms with Crippen molar-refractivity contribution in [3.8, 4) is 6.07 Å². The van der Waals surface area contributed by atoms with Crippen molar-refractivity contribution in [2.24, 2.45) is 0 Å². The van der Waals surface area contributed by atoms with E-state index in [0.717, 1.165) is 0 Å². The van der Waals surface area contributed by atoms with Gasteiger partial charge in [0.05, 0.1) is 12.7 Å². The summed E-state index contributed by atoms with van der Waals surface area (Å²) >= 11 is 0. The summed E-state index contributed by atoms with van der Waals surface area (Å²) in [7, 11) is 0. The zero-order chi connectivity index (χ0) is 5.28. The number of halogens is 1. The Kier molecular flexibility index (Phi) is 0.953. The lowest BCUT2D eigenvalue weighted by molar-refractivity contribution is -0.0288. The lowest BCUT2D eigenvalue weighted by atomic mass is 10.2. The molecule has 2 nitrogen and oxygen atoms in total. The molecule has 1 fully saturated rings. The number of ether oxygens (including phenoxy) is 1. The summed E-state index contributed by atoms with van der Waals surface area (Å²) in [6, 6.07) is 1.62. The normalized spacial score (nSPS) is 31.1. The Bertz CT molecular complexity index is 109. The van der Waals surface area contributed by atoms with Crippen molar-refractivity contribution in [2.75, 3.05) is 6.61 Å². The van der Waals surface area contributed by atoms with Crippen LogP contribution in [0, 0.1) is 17.5 Å². The molecule has 0 aliphatic carbocycles. The fraction of sp³-hybridized carbons (Fsp3) is 0.500. The van der Waals surface area contributed by atoms with Crippen LogP contribution in [0.5, 0.6) is 0 Å². The number of hydrogen-bond acceptors (Lipinski definition) is 2. The Hall–Kier alpha value is -0.620. The zero-order valence-electron chi connectivity index (χ0n) is 3.52. The maximum Gasteiger partial charge on any atom is 0.212 e. The molecule has 1 unspecified atom stereocenters. The Morgan fingerprint density at radius 3 is 2.71 bits per heavy atom. The molecule has 0 N–H and O–H groups in total. The van der Waals surface area contributed by atoms with Gasteiger partial charge in [0.25, 0.3) is 0 Å². The van der Waals surface area contributed by atoms with E-state index in [1.807, 2.05) is 0 Å². The van der Waals surface area contributed by atoms with Crippen molar-refractivity contribution in [3.63, 3.8) is 0 Å². The van der Waals surface area contributed by atoms with Crippen LogP contribution in [0.15, 0.2) is 0 Å². The van der Waals surface area contributed by atoms with E-state index in [9.17, 15) is 4.39 Å². The second-order valence-corrected chi connectivity index (χ2v) is 1.27. The summed E-state index contributed by atoms with van der Waals surface area (Å²) in [5, 5.41) is 7.92. The van der Waals surface area contributed by atoms with Gasteiger partial charge in [-0.25, -0.2) is 4.39 Å². The molecule has 0 spiro atoms. The molecule has 1 heterocycles. The molecule has 37 valence electrons. The molecular weight excluding hydrogens is 97.0 g/mol. The van der Waals surface area contributed by atoms with Crippen LogP contribution in [0.3, 0.4) is 0 Å². The van der Waals surface area contributed by atoms with Crippen LogP contribution in [-0.4, -0.2) is 12.7 Å². The third-order valence-corrected chi connectivity index (χ3v) is 0.790. The van der Waals surface area contributed by atoms with Gasteiger partial charge in [-0.3, -0.25) is 0 Å². The fourth-order valence-corrected chi connectivity index (χ4v) is 0.337. The summed E-state index contributed by atoms with van der Waals surface area (Å²) < 4.78 is 16.2. The highest BCUT2D eigenvalue weighted by Gasteiger charge is 2.33. The zero-order valence-corrected chi connectivity index (χ0v) is 3.52. The van der Waals surface area contributed by atoms with Gasteiger partial charge in [-0.05, 0) is 0 Å². The van der Waals surface area contributed by atoms with Crippen LogP contribution in [0.4, 0.5) is 4.39 Å². The van der Waals surface area contributed by atoms with E-state index < -0.39 is 6.10 Å². The molecule has 0 amide bonds. The molecule has 0 saturated carbocycles. The molecule has 1 rings (SSSR count). The summed E-state index contributed by atoms with van der Waals surface area (Å²) in [5.74, 6) is 0. The first-order valence-corrected chi connectivity index (χ1v) is 1.87. The van der Waals surface area contributed by atoms with Crippen LogP contribution in [0.25, 0.3) is 0 Å². The average molecular weight is 100 g/mol. The van der Waals surface area contributed by atoms with Gasteiger partial charge in [-0.15, -0.1) is 0 Å². The second kappa shape index (κ2) is 1.47. The maximum atomic E-state index is 11.8. The number of hydrogen-bond donors (Lipinski definition) is 0. The van der Waals surface area contributed by atoms with E-state index >= 15 is 0 Å². The molecule has 0 aromatic carbocycles. The molecule has 1 radical (unpaired) electrons. The Morgan fingerprint density at radius 2 is 2.71 bits per heavy atom. The Balaban J connectivity index is 2.33. The molecule has 1 saturated heterocycles. The molecule has 7 heavy (non-hydrogen) atoms. The van der Waals surface area contributed by atoms with Gasteiger partial charge in [0.15, 0.2) is 6.10 Å². The summed E-state index contributed by atoms with van der Waals surface area (Å²) in [6.45, 7) is 0.0121. The van der Waals surface area contributed by atoms with Gasteiger partial charge in [0.1, 0.15) is 0 Å². The standard InChI is InChI=1S/C4H3FNO/c5-3-2-7-4(3)1-6/h4H,2H2. The van der Waals surface area contributed by atoms with Crippen LogP contribution in [0.2, 0.25) is 0 Å². The molecule has 0 aromatic rings. The van der Waals surface area contributed by atoms with Crippen LogP contribution in [-0.2, 0) is 4.74 Å². The Morgan fingerprint density at radius 1 is 2.00 bits per heavy atom. The average Bonchev–Trinajstić information content (AvgIpc) is 1.65. The van der Waals surface area contributed by atoms with Crippen molar-refractivity contribution in [1.82, 2.24) is 0 Å². The second-order valence-electron chi connectivity index (χ2n) is 1.27. The fourth-order valence-electron chi connectivity index (χ4n) is 0.337. The quantitative estimate of drug-likeness (QED) is 0.441. The number of nitrogens with zero attached hydrogens (tertiary/aromatic N) is 1. The molecular formula is C4H3FNO. The summed E-state index contributed by atoms with van der Waals surface area (Å²) in [4.78, 5) is 0. The van der Waals surface area contributed by atoms with Crippen molar-refractivity contribution in [3.05, 3.63) is 6.17 Å². The maximum absolute atomic E-state index is 11.8. The van der Waals surface area contributed by atoms with Gasteiger partial charge >= 0.3 is 0 Å². The van der Waals surface area contributed by atoms with E-state index in [2.05, 4.69) is 4.74 Å². The van der Waals surface area contributed by atoms with E-state index in [0.29, 0.717) is 0 Å². The molecule has 0 aromatic heterocycles. The van der Waals surface area contributed by atoms with Crippen LogP contribution in [0.1, 0.15) is 0 Å². The number of rotatable bonds is 0. The topological polar surface area (TPSA) is 33.0 Å². The SMILES string of the molecule is N#CC1OC[C]1F. The van der Waals surface area contributed by atoms with E-state index in [1.54, 1.807) is 6.07 Å². The minimum Gasteiger partial charge on any atom is -0.356 e. The first kappa shape index (κ1) is 4.54. The smallest absolute Gasteiger partial charge is 0.212 e. The van der Waals surface area contributed by atoms with E-state index in [1.165, 1.54) is 0 Å². The highest BCUT2D eigenvalue weighted by atomic mass is 19.1. The molecule has 1 aliphatic rings. The third kappa shape index (κ3) is 0.570. The predicted molar refractivity (Wildman–Crippen MR) is 19.7 cm³/mol. The predicted octanol–water partition coefficient (Wildman–Crippen LogP) is 0.410. The monoisotopic (exact) mass is 100 g/mol. The molecule has 1 atom stereocenters. The van der Waals surface area contributed by atoms with Gasteiger partial charge in [-0.1, -0.05) is 0 Å². The van der Waals surface area contributed by atoms with E-state index in [4.69, 9.17) is 5.26 Å². The van der Waals surface area contributed by atoms with E-state index in [-0.39, 0.29) is 12.8 Å². The third-order valence-electron chi connectivity index (χ3n) is 0.790. The first-order valence-electron chi connectivity index (χ1n) is 1.87. The lowest BCUT2D eigenvalue weighted by Gasteiger charge is -2.22. The molecule has 0 bridgehead atoms. The summed E-state index contributed by atoms with van der Waals surface area (Å²) in [6.07, 6.45) is -1.22. The minimum atomic E-state index is -0.861.